The van der Waals surface area contributed by atoms with Gasteiger partial charge in [0.25, 0.3) is 0 Å². The van der Waals surface area contributed by atoms with Gasteiger partial charge in [-0.25, -0.2) is 0 Å². The van der Waals surface area contributed by atoms with Crippen LogP contribution in [-0.4, -0.2) is 31.8 Å². The Morgan fingerprint density at radius 3 is 2.47 bits per heavy atom. The number of guanidine groups is 1. The topological polar surface area (TPSA) is 59.6 Å². The number of hydrogen-bond donors (Lipinski definition) is 2. The Labute approximate surface area is 123 Å². The lowest BCUT2D eigenvalue weighted by molar-refractivity contribution is 0.130. The first-order valence-corrected chi connectivity index (χ1v) is 6.20. The van der Waals surface area contributed by atoms with Crippen LogP contribution in [0.3, 0.4) is 0 Å². The van der Waals surface area contributed by atoms with Crippen LogP contribution in [-0.2, 0) is 4.74 Å². The molecule has 17 heavy (non-hydrogen) atoms. The van der Waals surface area contributed by atoms with Crippen LogP contribution < -0.4 is 11.1 Å². The molecule has 1 atom stereocenters. The molecule has 0 aromatic heterocycles. The fourth-order valence-electron chi connectivity index (χ4n) is 1.05. The van der Waals surface area contributed by atoms with Crippen LogP contribution in [0.4, 0.5) is 0 Å². The van der Waals surface area contributed by atoms with E-state index in [0.717, 1.165) is 19.4 Å². The summed E-state index contributed by atoms with van der Waals surface area (Å²) in [6, 6.07) is 0.380. The van der Waals surface area contributed by atoms with Crippen molar-refractivity contribution in [2.75, 3.05) is 19.8 Å². The van der Waals surface area contributed by atoms with Crippen LogP contribution in [0.1, 0.15) is 40.5 Å². The molecule has 0 aliphatic rings. The number of nitrogens with two attached hydrogens (primary N) is 1. The summed E-state index contributed by atoms with van der Waals surface area (Å²) in [6.07, 6.45) is 2.14. The third kappa shape index (κ3) is 13.9. The summed E-state index contributed by atoms with van der Waals surface area (Å²) in [5, 5.41) is 3.11. The van der Waals surface area contributed by atoms with Crippen molar-refractivity contribution in [1.29, 1.82) is 0 Å². The Morgan fingerprint density at radius 1 is 1.29 bits per heavy atom. The first-order valence-electron chi connectivity index (χ1n) is 6.20. The maximum atomic E-state index is 5.70. The predicted octanol–water partition coefficient (Wildman–Crippen LogP) is 2.37. The van der Waals surface area contributed by atoms with E-state index in [4.69, 9.17) is 10.5 Å². The summed E-state index contributed by atoms with van der Waals surface area (Å²) in [7, 11) is 0. The highest BCUT2D eigenvalue weighted by Gasteiger charge is 1.98. The first kappa shape index (κ1) is 19.3. The summed E-state index contributed by atoms with van der Waals surface area (Å²) in [4.78, 5) is 4.19. The fraction of sp³-hybridized carbons (Fsp3) is 0.917. The maximum absolute atomic E-state index is 5.70. The van der Waals surface area contributed by atoms with E-state index in [9.17, 15) is 0 Å². The number of halogens is 1. The van der Waals surface area contributed by atoms with E-state index in [0.29, 0.717) is 31.1 Å². The molecule has 0 spiro atoms. The molecule has 1 unspecified atom stereocenters. The summed E-state index contributed by atoms with van der Waals surface area (Å²) >= 11 is 0. The minimum Gasteiger partial charge on any atom is -0.380 e. The number of nitrogens with zero attached hydrogens (tertiary/aromatic N) is 1. The molecule has 0 aromatic rings. The van der Waals surface area contributed by atoms with Gasteiger partial charge in [0.1, 0.15) is 0 Å². The van der Waals surface area contributed by atoms with Crippen molar-refractivity contribution >= 4 is 29.9 Å². The molecule has 0 radical (unpaired) electrons. The monoisotopic (exact) mass is 357 g/mol. The second-order valence-electron chi connectivity index (χ2n) is 4.52. The van der Waals surface area contributed by atoms with Gasteiger partial charge in [-0.05, 0) is 25.7 Å². The minimum absolute atomic E-state index is 0. The van der Waals surface area contributed by atoms with Crippen LogP contribution in [0.5, 0.6) is 0 Å². The van der Waals surface area contributed by atoms with Gasteiger partial charge in [0.05, 0.1) is 13.2 Å². The van der Waals surface area contributed by atoms with Gasteiger partial charge >= 0.3 is 0 Å². The lowest BCUT2D eigenvalue weighted by Gasteiger charge is -2.11. The van der Waals surface area contributed by atoms with Crippen molar-refractivity contribution in [3.8, 4) is 0 Å². The van der Waals surface area contributed by atoms with Crippen molar-refractivity contribution in [3.63, 3.8) is 0 Å². The van der Waals surface area contributed by atoms with Crippen molar-refractivity contribution in [3.05, 3.63) is 0 Å². The number of rotatable bonds is 8. The zero-order chi connectivity index (χ0) is 12.4. The number of hydrogen-bond acceptors (Lipinski definition) is 2. The summed E-state index contributed by atoms with van der Waals surface area (Å²) in [5.74, 6) is 1.21. The molecule has 0 amide bonds. The molecule has 0 aliphatic heterocycles. The van der Waals surface area contributed by atoms with Gasteiger partial charge in [-0.1, -0.05) is 20.8 Å². The lowest BCUT2D eigenvalue weighted by atomic mass is 10.1. The van der Waals surface area contributed by atoms with Crippen molar-refractivity contribution < 1.29 is 4.74 Å². The molecule has 0 saturated carbocycles. The average Bonchev–Trinajstić information content (AvgIpc) is 2.22. The molecule has 0 bridgehead atoms. The number of ether oxygens (including phenoxy) is 1. The standard InChI is InChI=1S/C12H27N3O.HI/c1-5-11(4)15-12(13)14-7-9-16-8-6-10(2)3;/h10-11H,5-9H2,1-4H3,(H3,13,14,15);1H. The van der Waals surface area contributed by atoms with E-state index in [1.807, 2.05) is 0 Å². The summed E-state index contributed by atoms with van der Waals surface area (Å²) < 4.78 is 5.44. The van der Waals surface area contributed by atoms with Gasteiger partial charge in [-0.3, -0.25) is 4.99 Å². The van der Waals surface area contributed by atoms with E-state index < -0.39 is 0 Å². The Morgan fingerprint density at radius 2 is 1.94 bits per heavy atom. The van der Waals surface area contributed by atoms with Crippen molar-refractivity contribution in [2.24, 2.45) is 16.6 Å². The van der Waals surface area contributed by atoms with E-state index in [1.165, 1.54) is 0 Å². The zero-order valence-corrected chi connectivity index (χ0v) is 13.9. The lowest BCUT2D eigenvalue weighted by Crippen LogP contribution is -2.38. The van der Waals surface area contributed by atoms with Gasteiger partial charge in [-0.15, -0.1) is 24.0 Å². The van der Waals surface area contributed by atoms with Crippen LogP contribution in [0, 0.1) is 5.92 Å². The van der Waals surface area contributed by atoms with Crippen LogP contribution in [0.15, 0.2) is 4.99 Å². The maximum Gasteiger partial charge on any atom is 0.188 e. The Kier molecular flexibility index (Phi) is 14.1. The molecule has 104 valence electrons. The highest BCUT2D eigenvalue weighted by molar-refractivity contribution is 14.0. The molecule has 0 aromatic carbocycles. The molecular weight excluding hydrogens is 329 g/mol. The average molecular weight is 357 g/mol. The molecule has 0 aliphatic carbocycles. The smallest absolute Gasteiger partial charge is 0.188 e. The third-order valence-electron chi connectivity index (χ3n) is 2.36. The van der Waals surface area contributed by atoms with E-state index in [2.05, 4.69) is 38.0 Å². The van der Waals surface area contributed by atoms with Crippen LogP contribution >= 0.6 is 24.0 Å². The first-order chi connectivity index (χ1) is 7.56. The molecular formula is C12H28IN3O. The highest BCUT2D eigenvalue weighted by atomic mass is 127. The van der Waals surface area contributed by atoms with Crippen LogP contribution in [0.25, 0.3) is 0 Å². The molecule has 4 nitrogen and oxygen atoms in total. The van der Waals surface area contributed by atoms with Gasteiger partial charge in [-0.2, -0.15) is 0 Å². The molecule has 3 N–H and O–H groups in total. The minimum atomic E-state index is 0. The largest absolute Gasteiger partial charge is 0.380 e. The molecule has 0 rings (SSSR count). The molecule has 0 heterocycles. The van der Waals surface area contributed by atoms with Crippen molar-refractivity contribution in [2.45, 2.75) is 46.6 Å². The quantitative estimate of drug-likeness (QED) is 0.304. The zero-order valence-electron chi connectivity index (χ0n) is 11.5. The Hall–Kier alpha value is -0.0400. The van der Waals surface area contributed by atoms with E-state index >= 15 is 0 Å². The number of nitrogens with one attached hydrogen (secondary N) is 1. The van der Waals surface area contributed by atoms with E-state index in [1.54, 1.807) is 0 Å². The number of aliphatic imine (C=N–C) groups is 1. The molecule has 0 saturated heterocycles. The fourth-order valence-corrected chi connectivity index (χ4v) is 1.05. The second kappa shape index (κ2) is 12.4. The van der Waals surface area contributed by atoms with Crippen LogP contribution in [0.2, 0.25) is 0 Å². The molecule has 5 heteroatoms. The summed E-state index contributed by atoms with van der Waals surface area (Å²) in [6.45, 7) is 10.7. The van der Waals surface area contributed by atoms with Gasteiger partial charge in [0, 0.05) is 12.6 Å². The van der Waals surface area contributed by atoms with Crippen molar-refractivity contribution in [1.82, 2.24) is 5.32 Å². The SMILES string of the molecule is CCC(C)NC(N)=NCCOCCC(C)C.I. The predicted molar refractivity (Wildman–Crippen MR) is 85.1 cm³/mol. The van der Waals surface area contributed by atoms with Gasteiger partial charge in [0.15, 0.2) is 5.96 Å². The van der Waals surface area contributed by atoms with Gasteiger partial charge < -0.3 is 15.8 Å². The normalized spacial score (nSPS) is 13.4. The van der Waals surface area contributed by atoms with Gasteiger partial charge in [0.2, 0.25) is 0 Å². The molecule has 0 fully saturated rings. The summed E-state index contributed by atoms with van der Waals surface area (Å²) in [5.41, 5.74) is 5.70. The van der Waals surface area contributed by atoms with E-state index in [-0.39, 0.29) is 24.0 Å². The Balaban J connectivity index is 0. The second-order valence-corrected chi connectivity index (χ2v) is 4.52. The third-order valence-corrected chi connectivity index (χ3v) is 2.36. The Bertz CT molecular complexity index is 198. The highest BCUT2D eigenvalue weighted by Crippen LogP contribution is 1.98.